The monoisotopic (exact) mass is 162 g/mol. The highest BCUT2D eigenvalue weighted by molar-refractivity contribution is 7.84. The predicted molar refractivity (Wildman–Crippen MR) is 40.4 cm³/mol. The largest absolute Gasteiger partial charge is 0.287 e. The zero-order valence-corrected chi connectivity index (χ0v) is 6.32. The highest BCUT2D eigenvalue weighted by atomic mass is 32.1. The predicted octanol–water partition coefficient (Wildman–Crippen LogP) is 1.23. The molecule has 42 valence electrons. The van der Waals surface area contributed by atoms with Crippen molar-refractivity contribution in [2.45, 2.75) is 9.79 Å². The molecule has 0 unspecified atom stereocenters. The second-order valence-electron chi connectivity index (χ2n) is 1.36. The van der Waals surface area contributed by atoms with E-state index in [1.165, 1.54) is 0 Å². The molecule has 4 heteroatoms. The Kier molecular flexibility index (Phi) is 1.47. The third-order valence-electron chi connectivity index (χ3n) is 0.861. The van der Waals surface area contributed by atoms with Crippen LogP contribution in [0.4, 0.5) is 0 Å². The van der Waals surface area contributed by atoms with Crippen LogP contribution in [0, 0.1) is 4.51 Å². The Morgan fingerprint density at radius 3 is 1.88 bits per heavy atom. The zero-order chi connectivity index (χ0) is 6.31. The van der Waals surface area contributed by atoms with Crippen LogP contribution in [-0.2, 0) is 0 Å². The second kappa shape index (κ2) is 1.86. The number of thiol groups is 2. The molecule has 0 spiro atoms. The first-order chi connectivity index (χ1) is 3.64. The Morgan fingerprint density at radius 2 is 1.75 bits per heavy atom. The van der Waals surface area contributed by atoms with Crippen LogP contribution in [0.15, 0.2) is 14.6 Å². The summed E-state index contributed by atoms with van der Waals surface area (Å²) in [7, 11) is 0. The Balaban J connectivity index is 3.48. The van der Waals surface area contributed by atoms with E-state index < -0.39 is 0 Å². The van der Waals surface area contributed by atoms with Gasteiger partial charge in [-0.1, -0.05) is 12.2 Å². The molecule has 1 aromatic carbocycles. The quantitative estimate of drug-likeness (QED) is 0.441. The Morgan fingerprint density at radius 1 is 1.25 bits per heavy atom. The number of rotatable bonds is 0. The lowest BCUT2D eigenvalue weighted by Crippen LogP contribution is -2.09. The van der Waals surface area contributed by atoms with Crippen LogP contribution in [-0.4, -0.2) is 0 Å². The summed E-state index contributed by atoms with van der Waals surface area (Å²) in [6, 6.07) is 0. The fraction of sp³-hybridized carbons (Fsp3) is 0. The van der Waals surface area contributed by atoms with Gasteiger partial charge in [-0.3, -0.25) is 4.79 Å². The van der Waals surface area contributed by atoms with Crippen molar-refractivity contribution in [3.05, 3.63) is 14.7 Å². The molecule has 1 aromatic rings. The van der Waals surface area contributed by atoms with Crippen molar-refractivity contribution in [3.63, 3.8) is 0 Å². The summed E-state index contributed by atoms with van der Waals surface area (Å²) >= 11 is 12.2. The molecule has 0 fully saturated rings. The zero-order valence-electron chi connectivity index (χ0n) is 3.71. The van der Waals surface area contributed by atoms with Crippen molar-refractivity contribution in [1.29, 1.82) is 0 Å². The molecule has 0 aromatic heterocycles. The summed E-state index contributed by atoms with van der Waals surface area (Å²) in [6.45, 7) is 0. The minimum Gasteiger partial charge on any atom is -0.287 e. The highest BCUT2D eigenvalue weighted by Gasteiger charge is 2.08. The third kappa shape index (κ3) is 0.639. The van der Waals surface area contributed by atoms with Gasteiger partial charge in [0, 0.05) is 4.90 Å². The maximum Gasteiger partial charge on any atom is 0.212 e. The molecule has 0 aliphatic carbocycles. The van der Waals surface area contributed by atoms with Gasteiger partial charge in [-0.2, -0.15) is 0 Å². The first-order valence-corrected chi connectivity index (χ1v) is 3.16. The van der Waals surface area contributed by atoms with Crippen molar-refractivity contribution >= 4 is 37.5 Å². The van der Waals surface area contributed by atoms with Gasteiger partial charge in [0.1, 0.15) is 4.51 Å². The topological polar surface area (TPSA) is 17.1 Å². The summed E-state index contributed by atoms with van der Waals surface area (Å²) in [5.74, 6) is 0. The standard InChI is InChI=1S/C4H2OS3/c5-1-2(6)4(8)3(1)7/h6,8H. The molecule has 8 heavy (non-hydrogen) atoms. The lowest BCUT2D eigenvalue weighted by molar-refractivity contribution is 1.10. The molecule has 0 heterocycles. The van der Waals surface area contributed by atoms with E-state index in [1.807, 2.05) is 0 Å². The van der Waals surface area contributed by atoms with Crippen LogP contribution in [0.3, 0.4) is 0 Å². The van der Waals surface area contributed by atoms with Crippen LogP contribution < -0.4 is 5.43 Å². The van der Waals surface area contributed by atoms with Crippen LogP contribution >= 0.6 is 37.5 Å². The second-order valence-corrected chi connectivity index (χ2v) is 2.66. The van der Waals surface area contributed by atoms with Crippen LogP contribution in [0.25, 0.3) is 0 Å². The van der Waals surface area contributed by atoms with Gasteiger partial charge in [0.15, 0.2) is 0 Å². The lowest BCUT2D eigenvalue weighted by Gasteiger charge is -1.96. The summed E-state index contributed by atoms with van der Waals surface area (Å²) in [5, 5.41) is 0. The third-order valence-corrected chi connectivity index (χ3v) is 2.45. The average molecular weight is 162 g/mol. The van der Waals surface area contributed by atoms with Crippen LogP contribution in [0.1, 0.15) is 0 Å². The average Bonchev–Trinajstić information content (AvgIpc) is 1.83. The van der Waals surface area contributed by atoms with Gasteiger partial charge in [-0.15, -0.1) is 25.3 Å². The Hall–Kier alpha value is 0.200. The summed E-state index contributed by atoms with van der Waals surface area (Å²) in [6.07, 6.45) is 0. The van der Waals surface area contributed by atoms with E-state index in [0.717, 1.165) is 0 Å². The molecule has 0 saturated heterocycles. The first-order valence-electron chi connectivity index (χ1n) is 1.86. The van der Waals surface area contributed by atoms with Crippen molar-refractivity contribution < 1.29 is 0 Å². The minimum atomic E-state index is -0.159. The van der Waals surface area contributed by atoms with Gasteiger partial charge in [0.2, 0.25) is 5.43 Å². The van der Waals surface area contributed by atoms with E-state index in [9.17, 15) is 4.79 Å². The van der Waals surface area contributed by atoms with Gasteiger partial charge in [-0.25, -0.2) is 0 Å². The Bertz CT molecular complexity index is 251. The van der Waals surface area contributed by atoms with Gasteiger partial charge in [0.25, 0.3) is 0 Å². The maximum atomic E-state index is 10.4. The molecule has 0 saturated carbocycles. The summed E-state index contributed by atoms with van der Waals surface area (Å²) < 4.78 is 0.304. The van der Waals surface area contributed by atoms with E-state index in [0.29, 0.717) is 14.3 Å². The van der Waals surface area contributed by atoms with Crippen LogP contribution in [0.2, 0.25) is 0 Å². The molecule has 1 rings (SSSR count). The highest BCUT2D eigenvalue weighted by Crippen LogP contribution is 2.17. The van der Waals surface area contributed by atoms with Crippen molar-refractivity contribution in [1.82, 2.24) is 0 Å². The SMILES string of the molecule is O=c1c(S)c(S)c1=S. The van der Waals surface area contributed by atoms with Crippen molar-refractivity contribution in [2.75, 3.05) is 0 Å². The maximum absolute atomic E-state index is 10.4. The molecule has 0 radical (unpaired) electrons. The van der Waals surface area contributed by atoms with Crippen LogP contribution in [0.5, 0.6) is 0 Å². The first kappa shape index (κ1) is 6.32. The molecular formula is C4H2OS3. The van der Waals surface area contributed by atoms with Gasteiger partial charge >= 0.3 is 0 Å². The molecule has 0 amide bonds. The van der Waals surface area contributed by atoms with E-state index in [4.69, 9.17) is 0 Å². The lowest BCUT2D eigenvalue weighted by atomic mass is 10.3. The molecule has 0 aliphatic rings. The smallest absolute Gasteiger partial charge is 0.212 e. The number of hydrogen-bond acceptors (Lipinski definition) is 4. The molecular weight excluding hydrogens is 160 g/mol. The van der Waals surface area contributed by atoms with Crippen molar-refractivity contribution in [2.24, 2.45) is 0 Å². The van der Waals surface area contributed by atoms with E-state index in [-0.39, 0.29) is 5.43 Å². The van der Waals surface area contributed by atoms with Gasteiger partial charge in [0.05, 0.1) is 4.90 Å². The van der Waals surface area contributed by atoms with Crippen molar-refractivity contribution in [3.8, 4) is 0 Å². The van der Waals surface area contributed by atoms with E-state index in [1.54, 1.807) is 0 Å². The molecule has 0 atom stereocenters. The minimum absolute atomic E-state index is 0.159. The van der Waals surface area contributed by atoms with E-state index >= 15 is 0 Å². The fourth-order valence-electron chi connectivity index (χ4n) is 0.368. The molecule has 0 bridgehead atoms. The van der Waals surface area contributed by atoms with E-state index in [2.05, 4.69) is 37.5 Å². The normalized spacial score (nSPS) is 10.2. The summed E-state index contributed by atoms with van der Waals surface area (Å²) in [5.41, 5.74) is -0.159. The Labute approximate surface area is 62.2 Å². The molecule has 0 aliphatic heterocycles. The number of hydrogen-bond donors (Lipinski definition) is 2. The van der Waals surface area contributed by atoms with Gasteiger partial charge in [-0.05, 0) is 0 Å². The molecule has 0 N–H and O–H groups in total. The molecule has 1 nitrogen and oxygen atoms in total. The summed E-state index contributed by atoms with van der Waals surface area (Å²) in [4.78, 5) is 11.4. The van der Waals surface area contributed by atoms with Gasteiger partial charge < -0.3 is 0 Å². The fourth-order valence-corrected chi connectivity index (χ4v) is 1.15.